The van der Waals surface area contributed by atoms with Crippen LogP contribution in [-0.2, 0) is 0 Å². The molecule has 0 aliphatic carbocycles. The first-order valence-corrected chi connectivity index (χ1v) is 8.38. The highest BCUT2D eigenvalue weighted by atomic mass is 32.3. The number of phenolic OH excluding ortho intramolecular Hbond substituents is 1. The second kappa shape index (κ2) is 4.70. The van der Waals surface area contributed by atoms with Gasteiger partial charge in [0.2, 0.25) is 0 Å². The number of aromatic hydroxyl groups is 1. The summed E-state index contributed by atoms with van der Waals surface area (Å²) in [5.41, 5.74) is 1.29. The van der Waals surface area contributed by atoms with Crippen molar-refractivity contribution in [3.8, 4) is 5.75 Å². The Morgan fingerprint density at radius 3 is 2.44 bits per heavy atom. The van der Waals surface area contributed by atoms with Crippen LogP contribution >= 0.6 is 10.0 Å². The van der Waals surface area contributed by atoms with Crippen molar-refractivity contribution in [2.24, 2.45) is 0 Å². The lowest BCUT2D eigenvalue weighted by atomic mass is 10.2. The van der Waals surface area contributed by atoms with Gasteiger partial charge in [-0.25, -0.2) is 10.0 Å². The predicted octanol–water partition coefficient (Wildman–Crippen LogP) is 4.07. The molecular weight excluding hydrogens is 216 g/mol. The SMILES string of the molecule is CCS1(c2ccc(O)cc2C)CCCCC1. The zero-order valence-corrected chi connectivity index (χ0v) is 11.1. The minimum absolute atomic E-state index is 0.405. The van der Waals surface area contributed by atoms with E-state index in [2.05, 4.69) is 19.9 Å². The van der Waals surface area contributed by atoms with Crippen LogP contribution in [0, 0.1) is 6.92 Å². The van der Waals surface area contributed by atoms with Gasteiger partial charge in [0, 0.05) is 0 Å². The number of rotatable bonds is 2. The fourth-order valence-electron chi connectivity index (χ4n) is 2.82. The molecule has 2 heteroatoms. The van der Waals surface area contributed by atoms with Crippen LogP contribution in [0.2, 0.25) is 0 Å². The third-order valence-corrected chi connectivity index (χ3v) is 8.38. The Labute approximate surface area is 100 Å². The Morgan fingerprint density at radius 2 is 1.88 bits per heavy atom. The summed E-state index contributed by atoms with van der Waals surface area (Å²) in [6, 6.07) is 5.96. The zero-order valence-electron chi connectivity index (χ0n) is 10.3. The summed E-state index contributed by atoms with van der Waals surface area (Å²) in [6.07, 6.45) is 4.19. The van der Waals surface area contributed by atoms with Crippen LogP contribution in [0.3, 0.4) is 0 Å². The highest BCUT2D eigenvalue weighted by Gasteiger charge is 2.27. The maximum Gasteiger partial charge on any atom is 0.115 e. The van der Waals surface area contributed by atoms with E-state index >= 15 is 0 Å². The van der Waals surface area contributed by atoms with Crippen LogP contribution in [0.15, 0.2) is 23.1 Å². The molecule has 0 saturated carbocycles. The van der Waals surface area contributed by atoms with Crippen LogP contribution < -0.4 is 0 Å². The molecule has 1 aliphatic rings. The highest BCUT2D eigenvalue weighted by Crippen LogP contribution is 2.59. The minimum atomic E-state index is -0.573. The molecule has 0 spiro atoms. The summed E-state index contributed by atoms with van der Waals surface area (Å²) in [5.74, 6) is 4.51. The third kappa shape index (κ3) is 2.08. The number of hydrogen-bond acceptors (Lipinski definition) is 1. The molecule has 1 N–H and O–H groups in total. The molecule has 1 aromatic carbocycles. The monoisotopic (exact) mass is 238 g/mol. The standard InChI is InChI=1S/C14H22OS/c1-3-16(9-5-4-6-10-16)14-8-7-13(15)11-12(14)2/h7-8,11,15H,3-6,9-10H2,1-2H3. The molecule has 0 radical (unpaired) electrons. The second-order valence-corrected chi connectivity index (χ2v) is 8.68. The molecule has 0 unspecified atom stereocenters. The van der Waals surface area contributed by atoms with Crippen molar-refractivity contribution in [1.82, 2.24) is 0 Å². The zero-order chi connectivity index (χ0) is 11.6. The van der Waals surface area contributed by atoms with E-state index in [1.54, 1.807) is 4.90 Å². The number of benzene rings is 1. The Bertz CT molecular complexity index is 367. The topological polar surface area (TPSA) is 20.2 Å². The minimum Gasteiger partial charge on any atom is -0.508 e. The van der Waals surface area contributed by atoms with Crippen LogP contribution in [0.25, 0.3) is 0 Å². The van der Waals surface area contributed by atoms with E-state index < -0.39 is 10.0 Å². The number of aryl methyl sites for hydroxylation is 1. The first-order valence-electron chi connectivity index (χ1n) is 6.24. The maximum absolute atomic E-state index is 9.50. The molecule has 2 rings (SSSR count). The Hall–Kier alpha value is -0.630. The van der Waals surface area contributed by atoms with Gasteiger partial charge in [0.15, 0.2) is 0 Å². The van der Waals surface area contributed by atoms with E-state index in [0.29, 0.717) is 5.75 Å². The number of phenols is 1. The lowest BCUT2D eigenvalue weighted by Gasteiger charge is -2.44. The van der Waals surface area contributed by atoms with Gasteiger partial charge >= 0.3 is 0 Å². The maximum atomic E-state index is 9.50. The lowest BCUT2D eigenvalue weighted by molar-refractivity contribution is 0.474. The largest absolute Gasteiger partial charge is 0.508 e. The van der Waals surface area contributed by atoms with E-state index in [0.717, 1.165) is 0 Å². The fraction of sp³-hybridized carbons (Fsp3) is 0.571. The summed E-state index contributed by atoms with van der Waals surface area (Å²) in [7, 11) is -0.573. The van der Waals surface area contributed by atoms with Crippen molar-refractivity contribution in [2.75, 3.05) is 17.3 Å². The van der Waals surface area contributed by atoms with Crippen molar-refractivity contribution in [3.05, 3.63) is 23.8 Å². The van der Waals surface area contributed by atoms with Gasteiger partial charge in [-0.2, -0.15) is 0 Å². The summed E-state index contributed by atoms with van der Waals surface area (Å²) in [6.45, 7) is 4.49. The molecule has 1 heterocycles. The molecule has 16 heavy (non-hydrogen) atoms. The first kappa shape index (κ1) is 11.8. The molecule has 1 saturated heterocycles. The van der Waals surface area contributed by atoms with Gasteiger partial charge in [-0.1, -0.05) is 13.3 Å². The van der Waals surface area contributed by atoms with Gasteiger partial charge in [0.25, 0.3) is 0 Å². The van der Waals surface area contributed by atoms with Crippen LogP contribution in [0.5, 0.6) is 5.75 Å². The summed E-state index contributed by atoms with van der Waals surface area (Å²) in [4.78, 5) is 1.55. The van der Waals surface area contributed by atoms with Crippen molar-refractivity contribution in [2.45, 2.75) is 38.0 Å². The van der Waals surface area contributed by atoms with Gasteiger partial charge < -0.3 is 5.11 Å². The quantitative estimate of drug-likeness (QED) is 0.823. The van der Waals surface area contributed by atoms with Gasteiger partial charge in [0.1, 0.15) is 5.75 Å². The first-order chi connectivity index (χ1) is 7.68. The van der Waals surface area contributed by atoms with E-state index in [9.17, 15) is 5.11 Å². The predicted molar refractivity (Wildman–Crippen MR) is 72.8 cm³/mol. The van der Waals surface area contributed by atoms with Crippen LogP contribution in [0.4, 0.5) is 0 Å². The fourth-order valence-corrected chi connectivity index (χ4v) is 6.96. The molecular formula is C14H22OS. The molecule has 1 aliphatic heterocycles. The van der Waals surface area contributed by atoms with Crippen molar-refractivity contribution >= 4 is 10.0 Å². The lowest BCUT2D eigenvalue weighted by Crippen LogP contribution is -2.18. The normalized spacial score (nSPS) is 21.6. The molecule has 1 fully saturated rings. The average Bonchev–Trinajstić information content (AvgIpc) is 2.30. The second-order valence-electron chi connectivity index (χ2n) is 4.75. The Kier molecular flexibility index (Phi) is 3.48. The van der Waals surface area contributed by atoms with E-state index in [1.807, 2.05) is 12.1 Å². The van der Waals surface area contributed by atoms with Crippen molar-refractivity contribution in [1.29, 1.82) is 0 Å². The Morgan fingerprint density at radius 1 is 1.19 bits per heavy atom. The molecule has 0 amide bonds. The molecule has 0 aromatic heterocycles. The summed E-state index contributed by atoms with van der Waals surface area (Å²) in [5, 5.41) is 9.50. The van der Waals surface area contributed by atoms with Gasteiger partial charge in [-0.05, 0) is 65.7 Å². The smallest absolute Gasteiger partial charge is 0.115 e. The van der Waals surface area contributed by atoms with E-state index in [1.165, 1.54) is 42.1 Å². The molecule has 90 valence electrons. The molecule has 0 bridgehead atoms. The van der Waals surface area contributed by atoms with E-state index in [-0.39, 0.29) is 0 Å². The highest BCUT2D eigenvalue weighted by molar-refractivity contribution is 8.33. The third-order valence-electron chi connectivity index (χ3n) is 3.75. The van der Waals surface area contributed by atoms with Crippen LogP contribution in [-0.4, -0.2) is 22.4 Å². The van der Waals surface area contributed by atoms with Gasteiger partial charge in [0.05, 0.1) is 0 Å². The summed E-state index contributed by atoms with van der Waals surface area (Å²) >= 11 is 0. The van der Waals surface area contributed by atoms with Crippen molar-refractivity contribution < 1.29 is 5.11 Å². The van der Waals surface area contributed by atoms with E-state index in [4.69, 9.17) is 0 Å². The summed E-state index contributed by atoms with van der Waals surface area (Å²) < 4.78 is 0. The van der Waals surface area contributed by atoms with Crippen molar-refractivity contribution in [3.63, 3.8) is 0 Å². The molecule has 1 aromatic rings. The van der Waals surface area contributed by atoms with Gasteiger partial charge in [-0.15, -0.1) is 0 Å². The number of hydrogen-bond donors (Lipinski definition) is 1. The Balaban J connectivity index is 2.39. The average molecular weight is 238 g/mol. The van der Waals surface area contributed by atoms with Crippen LogP contribution in [0.1, 0.15) is 31.7 Å². The van der Waals surface area contributed by atoms with Gasteiger partial charge in [-0.3, -0.25) is 0 Å². The molecule has 0 atom stereocenters. The molecule has 1 nitrogen and oxygen atoms in total.